The van der Waals surface area contributed by atoms with Gasteiger partial charge < -0.3 is 0 Å². The number of carbonyl (C=O) groups is 2. The van der Waals surface area contributed by atoms with E-state index >= 15 is 0 Å². The lowest BCUT2D eigenvalue weighted by Gasteiger charge is -2.28. The summed E-state index contributed by atoms with van der Waals surface area (Å²) in [6, 6.07) is 12.9. The van der Waals surface area contributed by atoms with Crippen LogP contribution in [-0.2, 0) is 16.0 Å². The number of benzene rings is 2. The molecule has 2 saturated carbocycles. The zero-order valence-electron chi connectivity index (χ0n) is 15.8. The van der Waals surface area contributed by atoms with Crippen LogP contribution in [0.3, 0.4) is 0 Å². The van der Waals surface area contributed by atoms with Gasteiger partial charge in [0.15, 0.2) is 11.6 Å². The van der Waals surface area contributed by atoms with Gasteiger partial charge in [-0.1, -0.05) is 48.9 Å². The molecule has 3 atom stereocenters. The van der Waals surface area contributed by atoms with Crippen LogP contribution in [0.25, 0.3) is 11.1 Å². The fourth-order valence-electron chi connectivity index (χ4n) is 4.88. The van der Waals surface area contributed by atoms with Crippen molar-refractivity contribution in [3.05, 3.63) is 58.7 Å². The van der Waals surface area contributed by atoms with Crippen LogP contribution in [-0.4, -0.2) is 11.6 Å². The Hall–Kier alpha value is -2.22. The van der Waals surface area contributed by atoms with Crippen molar-refractivity contribution in [2.75, 3.05) is 0 Å². The van der Waals surface area contributed by atoms with Gasteiger partial charge in [-0.15, -0.1) is 0 Å². The molecule has 0 heterocycles. The SMILES string of the molecule is CCc1cc(-c2ccc(C)cc2)cc(C)c1C1C(=O)[C@@H]2CC[C@@H](C2)C1=O. The van der Waals surface area contributed by atoms with E-state index in [9.17, 15) is 9.59 Å². The summed E-state index contributed by atoms with van der Waals surface area (Å²) in [6.07, 6.45) is 3.42. The highest BCUT2D eigenvalue weighted by atomic mass is 16.2. The molecule has 1 unspecified atom stereocenters. The molecule has 134 valence electrons. The van der Waals surface area contributed by atoms with Crippen molar-refractivity contribution in [3.8, 4) is 11.1 Å². The van der Waals surface area contributed by atoms with Crippen LogP contribution >= 0.6 is 0 Å². The number of rotatable bonds is 3. The van der Waals surface area contributed by atoms with E-state index in [0.717, 1.165) is 42.4 Å². The maximum atomic E-state index is 13.0. The minimum atomic E-state index is -0.525. The van der Waals surface area contributed by atoms with E-state index in [4.69, 9.17) is 0 Å². The average Bonchev–Trinajstić information content (AvgIpc) is 3.09. The van der Waals surface area contributed by atoms with Crippen molar-refractivity contribution in [2.45, 2.75) is 52.4 Å². The summed E-state index contributed by atoms with van der Waals surface area (Å²) in [7, 11) is 0. The van der Waals surface area contributed by atoms with Crippen molar-refractivity contribution < 1.29 is 9.59 Å². The van der Waals surface area contributed by atoms with E-state index in [2.05, 4.69) is 57.2 Å². The van der Waals surface area contributed by atoms with Gasteiger partial charge in [-0.25, -0.2) is 0 Å². The molecule has 26 heavy (non-hydrogen) atoms. The van der Waals surface area contributed by atoms with Gasteiger partial charge >= 0.3 is 0 Å². The normalized spacial score (nSPS) is 25.0. The minimum absolute atomic E-state index is 0.101. The van der Waals surface area contributed by atoms with Crippen LogP contribution in [0, 0.1) is 25.7 Å². The largest absolute Gasteiger partial charge is 0.298 e. The summed E-state index contributed by atoms with van der Waals surface area (Å²) in [4.78, 5) is 26.0. The van der Waals surface area contributed by atoms with Crippen molar-refractivity contribution in [3.63, 3.8) is 0 Å². The van der Waals surface area contributed by atoms with Gasteiger partial charge in [0.1, 0.15) is 5.92 Å². The van der Waals surface area contributed by atoms with Crippen LogP contribution in [0.15, 0.2) is 36.4 Å². The fourth-order valence-corrected chi connectivity index (χ4v) is 4.88. The molecule has 2 heteroatoms. The van der Waals surface area contributed by atoms with E-state index in [1.807, 2.05) is 0 Å². The Labute approximate surface area is 155 Å². The quantitative estimate of drug-likeness (QED) is 0.717. The molecule has 2 aliphatic carbocycles. The summed E-state index contributed by atoms with van der Waals surface area (Å²) >= 11 is 0. The van der Waals surface area contributed by atoms with Gasteiger partial charge in [-0.3, -0.25) is 9.59 Å². The molecule has 0 aromatic heterocycles. The van der Waals surface area contributed by atoms with Crippen molar-refractivity contribution >= 4 is 11.6 Å². The molecule has 0 spiro atoms. The third-order valence-electron chi connectivity index (χ3n) is 6.33. The first-order valence-electron chi connectivity index (χ1n) is 9.77. The summed E-state index contributed by atoms with van der Waals surface area (Å²) < 4.78 is 0. The molecular formula is C24H26O2. The van der Waals surface area contributed by atoms with Gasteiger partial charge in [0.2, 0.25) is 0 Å². The highest BCUT2D eigenvalue weighted by Crippen LogP contribution is 2.45. The van der Waals surface area contributed by atoms with Crippen LogP contribution in [0.2, 0.25) is 0 Å². The molecule has 2 aromatic rings. The lowest BCUT2D eigenvalue weighted by molar-refractivity contribution is -0.136. The number of hydrogen-bond acceptors (Lipinski definition) is 2. The minimum Gasteiger partial charge on any atom is -0.298 e. The molecule has 0 amide bonds. The predicted octanol–water partition coefficient (Wildman–Crippen LogP) is 5.18. The van der Waals surface area contributed by atoms with Gasteiger partial charge in [0.05, 0.1) is 0 Å². The van der Waals surface area contributed by atoms with E-state index in [1.165, 1.54) is 16.7 Å². The maximum absolute atomic E-state index is 13.0. The van der Waals surface area contributed by atoms with Crippen LogP contribution in [0.4, 0.5) is 0 Å². The van der Waals surface area contributed by atoms with Crippen molar-refractivity contribution in [2.24, 2.45) is 11.8 Å². The topological polar surface area (TPSA) is 34.1 Å². The molecule has 2 aliphatic rings. The lowest BCUT2D eigenvalue weighted by Crippen LogP contribution is -2.35. The zero-order valence-corrected chi connectivity index (χ0v) is 15.8. The van der Waals surface area contributed by atoms with Crippen LogP contribution in [0.1, 0.15) is 54.4 Å². The van der Waals surface area contributed by atoms with Gasteiger partial charge in [-0.05, 0) is 67.3 Å². The average molecular weight is 346 g/mol. The zero-order chi connectivity index (χ0) is 18.4. The summed E-state index contributed by atoms with van der Waals surface area (Å²) in [5.74, 6) is 0.0182. The third kappa shape index (κ3) is 2.72. The Morgan fingerprint density at radius 1 is 0.885 bits per heavy atom. The third-order valence-corrected chi connectivity index (χ3v) is 6.33. The number of aryl methyl sites for hydroxylation is 3. The molecule has 2 fully saturated rings. The first-order chi connectivity index (χ1) is 12.5. The van der Waals surface area contributed by atoms with Crippen LogP contribution in [0.5, 0.6) is 0 Å². The maximum Gasteiger partial charge on any atom is 0.150 e. The Kier molecular flexibility index (Phi) is 4.30. The molecular weight excluding hydrogens is 320 g/mol. The van der Waals surface area contributed by atoms with Gasteiger partial charge in [-0.2, -0.15) is 0 Å². The van der Waals surface area contributed by atoms with Gasteiger partial charge in [0.25, 0.3) is 0 Å². The summed E-state index contributed by atoms with van der Waals surface area (Å²) in [6.45, 7) is 6.26. The van der Waals surface area contributed by atoms with Crippen molar-refractivity contribution in [1.29, 1.82) is 0 Å². The second-order valence-corrected chi connectivity index (χ2v) is 8.03. The standard InChI is InChI=1S/C24H26O2/c1-4-16-12-20(17-7-5-14(2)6-8-17)11-15(3)21(16)22-23(25)18-9-10-19(13-18)24(22)26/h5-8,11-12,18-19,22H,4,9-10,13H2,1-3H3/t18-,19+,22?. The summed E-state index contributed by atoms with van der Waals surface area (Å²) in [5.41, 5.74) is 6.81. The fraction of sp³-hybridized carbons (Fsp3) is 0.417. The molecule has 2 aromatic carbocycles. The molecule has 0 radical (unpaired) electrons. The number of fused-ring (bicyclic) bond motifs is 2. The summed E-state index contributed by atoms with van der Waals surface area (Å²) in [5, 5.41) is 0. The second-order valence-electron chi connectivity index (χ2n) is 8.03. The van der Waals surface area contributed by atoms with Crippen molar-refractivity contribution in [1.82, 2.24) is 0 Å². The first kappa shape index (κ1) is 17.2. The Morgan fingerprint density at radius 2 is 1.50 bits per heavy atom. The van der Waals surface area contributed by atoms with E-state index in [-0.39, 0.29) is 23.4 Å². The molecule has 0 aliphatic heterocycles. The van der Waals surface area contributed by atoms with E-state index in [0.29, 0.717) is 0 Å². The number of hydrogen-bond donors (Lipinski definition) is 0. The predicted molar refractivity (Wildman–Crippen MR) is 104 cm³/mol. The first-order valence-corrected chi connectivity index (χ1v) is 9.77. The molecule has 2 nitrogen and oxygen atoms in total. The Balaban J connectivity index is 1.81. The highest BCUT2D eigenvalue weighted by molar-refractivity contribution is 6.12. The lowest BCUT2D eigenvalue weighted by atomic mass is 9.72. The molecule has 0 N–H and O–H groups in total. The van der Waals surface area contributed by atoms with E-state index in [1.54, 1.807) is 0 Å². The number of carbonyl (C=O) groups excluding carboxylic acids is 2. The van der Waals surface area contributed by atoms with E-state index < -0.39 is 5.92 Å². The Morgan fingerprint density at radius 3 is 2.08 bits per heavy atom. The molecule has 0 saturated heterocycles. The number of Topliss-reactive ketones (excluding diaryl/α,β-unsaturated/α-hetero) is 2. The Bertz CT molecular complexity index is 854. The smallest absolute Gasteiger partial charge is 0.150 e. The van der Waals surface area contributed by atoms with Gasteiger partial charge in [0, 0.05) is 11.8 Å². The molecule has 2 bridgehead atoms. The highest BCUT2D eigenvalue weighted by Gasteiger charge is 2.48. The van der Waals surface area contributed by atoms with Crippen LogP contribution < -0.4 is 0 Å². The second kappa shape index (κ2) is 6.50. The monoisotopic (exact) mass is 346 g/mol. The molecule has 4 rings (SSSR count). The number of ketones is 2.